The monoisotopic (exact) mass is 335 g/mol. The molecule has 2 rings (SSSR count). The third-order valence-electron chi connectivity index (χ3n) is 4.05. The Morgan fingerprint density at radius 1 is 1.17 bits per heavy atom. The molecule has 0 atom stereocenters. The molecular formula is C18H25NO5. The van der Waals surface area contributed by atoms with Crippen LogP contribution >= 0.6 is 0 Å². The Hall–Kier alpha value is -2.24. The number of benzene rings is 1. The van der Waals surface area contributed by atoms with E-state index in [1.54, 1.807) is 19.2 Å². The number of amides is 1. The van der Waals surface area contributed by atoms with Crippen molar-refractivity contribution in [1.29, 1.82) is 0 Å². The minimum Gasteiger partial charge on any atom is -0.493 e. The van der Waals surface area contributed by atoms with Gasteiger partial charge in [-0.2, -0.15) is 0 Å². The molecule has 1 aromatic carbocycles. The van der Waals surface area contributed by atoms with Gasteiger partial charge in [-0.05, 0) is 30.9 Å². The highest BCUT2D eigenvalue weighted by atomic mass is 16.5. The largest absolute Gasteiger partial charge is 0.493 e. The van der Waals surface area contributed by atoms with Crippen LogP contribution in [0.15, 0.2) is 24.3 Å². The summed E-state index contributed by atoms with van der Waals surface area (Å²) in [6.45, 7) is 0.402. The fourth-order valence-corrected chi connectivity index (χ4v) is 2.80. The molecule has 132 valence electrons. The number of nitrogens with one attached hydrogen (secondary N) is 1. The zero-order valence-electron chi connectivity index (χ0n) is 14.1. The van der Waals surface area contributed by atoms with Gasteiger partial charge in [0.1, 0.15) is 6.61 Å². The highest BCUT2D eigenvalue weighted by Gasteiger charge is 2.19. The minimum atomic E-state index is -0.321. The second kappa shape index (κ2) is 9.80. The first kappa shape index (κ1) is 18.1. The highest BCUT2D eigenvalue weighted by Crippen LogP contribution is 2.27. The first-order chi connectivity index (χ1) is 11.7. The molecule has 0 radical (unpaired) electrons. The summed E-state index contributed by atoms with van der Waals surface area (Å²) in [6.07, 6.45) is 4.96. The van der Waals surface area contributed by atoms with Gasteiger partial charge in [0.25, 0.3) is 5.91 Å². The van der Waals surface area contributed by atoms with Gasteiger partial charge < -0.3 is 19.5 Å². The van der Waals surface area contributed by atoms with Crippen LogP contribution in [0.4, 0.5) is 0 Å². The van der Waals surface area contributed by atoms with Crippen molar-refractivity contribution < 1.29 is 23.8 Å². The van der Waals surface area contributed by atoms with Gasteiger partial charge in [-0.25, -0.2) is 0 Å². The standard InChI is InChI=1S/C18H25NO5/c1-22-15-8-4-5-9-16(15)23-11-10-19-17(20)13-24-18(21)12-14-6-2-3-7-14/h4-5,8-9,14H,2-3,6-7,10-13H2,1H3,(H,19,20). The van der Waals surface area contributed by atoms with E-state index in [0.717, 1.165) is 12.8 Å². The maximum Gasteiger partial charge on any atom is 0.306 e. The van der Waals surface area contributed by atoms with E-state index in [9.17, 15) is 9.59 Å². The molecule has 0 bridgehead atoms. The SMILES string of the molecule is COc1ccccc1OCCNC(=O)COC(=O)CC1CCCC1. The van der Waals surface area contributed by atoms with E-state index in [1.165, 1.54) is 12.8 Å². The average Bonchev–Trinajstić information content (AvgIpc) is 3.10. The normalized spacial score (nSPS) is 14.2. The summed E-state index contributed by atoms with van der Waals surface area (Å²) in [6, 6.07) is 7.30. The van der Waals surface area contributed by atoms with Crippen LogP contribution in [-0.4, -0.2) is 38.7 Å². The molecule has 1 amide bonds. The van der Waals surface area contributed by atoms with Crippen molar-refractivity contribution in [3.8, 4) is 11.5 Å². The van der Waals surface area contributed by atoms with Crippen molar-refractivity contribution in [2.75, 3.05) is 26.9 Å². The van der Waals surface area contributed by atoms with Crippen molar-refractivity contribution in [2.45, 2.75) is 32.1 Å². The molecular weight excluding hydrogens is 310 g/mol. The third-order valence-corrected chi connectivity index (χ3v) is 4.05. The lowest BCUT2D eigenvalue weighted by molar-refractivity contribution is -0.149. The molecule has 24 heavy (non-hydrogen) atoms. The van der Waals surface area contributed by atoms with Crippen molar-refractivity contribution in [3.05, 3.63) is 24.3 Å². The Kier molecular flexibility index (Phi) is 7.39. The summed E-state index contributed by atoms with van der Waals surface area (Å²) in [5.41, 5.74) is 0. The maximum absolute atomic E-state index is 11.7. The lowest BCUT2D eigenvalue weighted by Gasteiger charge is -2.11. The molecule has 6 nitrogen and oxygen atoms in total. The minimum absolute atomic E-state index is 0.236. The number of methoxy groups -OCH3 is 1. The second-order valence-electron chi connectivity index (χ2n) is 5.86. The van der Waals surface area contributed by atoms with Crippen LogP contribution < -0.4 is 14.8 Å². The van der Waals surface area contributed by atoms with Crippen LogP contribution in [0.5, 0.6) is 11.5 Å². The third kappa shape index (κ3) is 6.10. The number of para-hydroxylation sites is 2. The summed E-state index contributed by atoms with van der Waals surface area (Å²) >= 11 is 0. The summed E-state index contributed by atoms with van der Waals surface area (Å²) in [5, 5.41) is 2.66. The molecule has 0 saturated heterocycles. The first-order valence-corrected chi connectivity index (χ1v) is 8.37. The van der Waals surface area contributed by atoms with E-state index < -0.39 is 0 Å². The van der Waals surface area contributed by atoms with E-state index >= 15 is 0 Å². The molecule has 1 aromatic rings. The van der Waals surface area contributed by atoms with E-state index in [0.29, 0.717) is 37.0 Å². The predicted octanol–water partition coefficient (Wildman–Crippen LogP) is 2.31. The molecule has 1 aliphatic carbocycles. The Labute approximate surface area is 142 Å². The van der Waals surface area contributed by atoms with Crippen molar-refractivity contribution in [2.24, 2.45) is 5.92 Å². The van der Waals surface area contributed by atoms with Crippen LogP contribution in [0.25, 0.3) is 0 Å². The van der Waals surface area contributed by atoms with Gasteiger partial charge in [-0.15, -0.1) is 0 Å². The summed E-state index contributed by atoms with van der Waals surface area (Å²) in [7, 11) is 1.57. The van der Waals surface area contributed by atoms with Crippen LogP contribution in [0, 0.1) is 5.92 Å². The topological polar surface area (TPSA) is 73.9 Å². The molecule has 0 unspecified atom stereocenters. The van der Waals surface area contributed by atoms with E-state index in [2.05, 4.69) is 5.32 Å². The molecule has 0 heterocycles. The molecule has 0 aliphatic heterocycles. The van der Waals surface area contributed by atoms with Crippen molar-refractivity contribution >= 4 is 11.9 Å². The molecule has 0 spiro atoms. The van der Waals surface area contributed by atoms with E-state index in [-0.39, 0.29) is 18.5 Å². The molecule has 0 aromatic heterocycles. The number of carbonyl (C=O) groups is 2. The number of carbonyl (C=O) groups excluding carboxylic acids is 2. The van der Waals surface area contributed by atoms with Gasteiger partial charge in [0.2, 0.25) is 0 Å². The predicted molar refractivity (Wildman–Crippen MR) is 89.0 cm³/mol. The van der Waals surface area contributed by atoms with Crippen LogP contribution in [0.1, 0.15) is 32.1 Å². The molecule has 1 saturated carbocycles. The second-order valence-corrected chi connectivity index (χ2v) is 5.86. The molecule has 1 fully saturated rings. The van der Waals surface area contributed by atoms with Gasteiger partial charge in [0.05, 0.1) is 13.7 Å². The lowest BCUT2D eigenvalue weighted by atomic mass is 10.1. The molecule has 1 N–H and O–H groups in total. The summed E-state index contributed by atoms with van der Waals surface area (Å²) in [5.74, 6) is 1.08. The van der Waals surface area contributed by atoms with Gasteiger partial charge >= 0.3 is 5.97 Å². The van der Waals surface area contributed by atoms with Crippen LogP contribution in [0.3, 0.4) is 0 Å². The zero-order chi connectivity index (χ0) is 17.2. The number of esters is 1. The zero-order valence-corrected chi connectivity index (χ0v) is 14.1. The van der Waals surface area contributed by atoms with Gasteiger partial charge in [-0.3, -0.25) is 9.59 Å². The Morgan fingerprint density at radius 3 is 2.58 bits per heavy atom. The fraction of sp³-hybridized carbons (Fsp3) is 0.556. The molecule has 6 heteroatoms. The van der Waals surface area contributed by atoms with Gasteiger partial charge in [-0.1, -0.05) is 25.0 Å². The summed E-state index contributed by atoms with van der Waals surface area (Å²) in [4.78, 5) is 23.3. The van der Waals surface area contributed by atoms with E-state index in [4.69, 9.17) is 14.2 Å². The van der Waals surface area contributed by atoms with Crippen molar-refractivity contribution in [1.82, 2.24) is 5.32 Å². The number of hydrogen-bond donors (Lipinski definition) is 1. The Balaban J connectivity index is 1.57. The van der Waals surface area contributed by atoms with E-state index in [1.807, 2.05) is 12.1 Å². The van der Waals surface area contributed by atoms with Gasteiger partial charge in [0, 0.05) is 6.42 Å². The van der Waals surface area contributed by atoms with Gasteiger partial charge in [0.15, 0.2) is 18.1 Å². The number of ether oxygens (including phenoxy) is 3. The van der Waals surface area contributed by atoms with Crippen molar-refractivity contribution in [3.63, 3.8) is 0 Å². The number of rotatable bonds is 9. The Morgan fingerprint density at radius 2 is 1.88 bits per heavy atom. The first-order valence-electron chi connectivity index (χ1n) is 8.37. The van der Waals surface area contributed by atoms with Crippen LogP contribution in [0.2, 0.25) is 0 Å². The molecule has 1 aliphatic rings. The number of hydrogen-bond acceptors (Lipinski definition) is 5. The van der Waals surface area contributed by atoms with Crippen LogP contribution in [-0.2, 0) is 14.3 Å². The quantitative estimate of drug-likeness (QED) is 0.554. The smallest absolute Gasteiger partial charge is 0.306 e. The average molecular weight is 335 g/mol. The fourth-order valence-electron chi connectivity index (χ4n) is 2.80. The maximum atomic E-state index is 11.7. The lowest BCUT2D eigenvalue weighted by Crippen LogP contribution is -2.32. The summed E-state index contributed by atoms with van der Waals surface area (Å²) < 4.78 is 15.7. The Bertz CT molecular complexity index is 540. The highest BCUT2D eigenvalue weighted by molar-refractivity contribution is 5.80.